The lowest BCUT2D eigenvalue weighted by molar-refractivity contribution is -0.151. The van der Waals surface area contributed by atoms with E-state index in [4.69, 9.17) is 4.74 Å². The van der Waals surface area contributed by atoms with E-state index >= 15 is 0 Å². The van der Waals surface area contributed by atoms with Gasteiger partial charge in [-0.05, 0) is 55.1 Å². The molecular formula is C36H50N2O5. The number of hydrogen-bond acceptors (Lipinski definition) is 5. The number of carbonyl (C=O) groups is 3. The quantitative estimate of drug-likeness (QED) is 0.113. The number of benzene rings is 2. The molecule has 0 saturated carbocycles. The number of esters is 1. The van der Waals surface area contributed by atoms with E-state index in [2.05, 4.69) is 23.8 Å². The summed E-state index contributed by atoms with van der Waals surface area (Å²) >= 11 is 0. The number of rotatable bonds is 19. The summed E-state index contributed by atoms with van der Waals surface area (Å²) in [5.41, 5.74) is 1.66. The number of nitrogens with one attached hydrogen (secondary N) is 2. The minimum atomic E-state index is -0.654. The average molecular weight is 591 g/mol. The molecule has 2 aromatic rings. The average Bonchev–Trinajstić information content (AvgIpc) is 2.98. The standard InChI is InChI=1S/C36H50N2O5/c1-6-8-11-21-30(22-27-17-12-9-13-18-27)35(42)43-26-32(36(3,4)5)38-34(41)29(16-7-2)24-33(40)37-31(25-39)23-28-19-14-10-15-20-28/h6-7,9-10,12-15,17-20,29-32,39H,1-2,8,11,16,21-26H2,3-5H3,(H,37,40)(H,38,41). The molecule has 0 aliphatic carbocycles. The number of ether oxygens (including phenoxy) is 1. The number of allylic oxidation sites excluding steroid dienone is 2. The van der Waals surface area contributed by atoms with Crippen LogP contribution in [-0.2, 0) is 32.0 Å². The van der Waals surface area contributed by atoms with Gasteiger partial charge in [0.15, 0.2) is 0 Å². The van der Waals surface area contributed by atoms with Gasteiger partial charge >= 0.3 is 5.97 Å². The largest absolute Gasteiger partial charge is 0.463 e. The Morgan fingerprint density at radius 2 is 1.49 bits per heavy atom. The Bertz CT molecular complexity index is 1140. The Morgan fingerprint density at radius 3 is 2.02 bits per heavy atom. The fraction of sp³-hybridized carbons (Fsp3) is 0.472. The van der Waals surface area contributed by atoms with Crippen molar-refractivity contribution in [1.29, 1.82) is 0 Å². The van der Waals surface area contributed by atoms with Crippen molar-refractivity contribution in [2.75, 3.05) is 13.2 Å². The van der Waals surface area contributed by atoms with Crippen LogP contribution in [0.5, 0.6) is 0 Å². The van der Waals surface area contributed by atoms with Gasteiger partial charge in [0, 0.05) is 6.42 Å². The molecule has 0 fully saturated rings. The minimum Gasteiger partial charge on any atom is -0.463 e. The molecule has 43 heavy (non-hydrogen) atoms. The Labute approximate surface area is 257 Å². The van der Waals surface area contributed by atoms with E-state index in [0.717, 1.165) is 24.0 Å². The summed E-state index contributed by atoms with van der Waals surface area (Å²) in [6, 6.07) is 18.6. The lowest BCUT2D eigenvalue weighted by Crippen LogP contribution is -2.50. The van der Waals surface area contributed by atoms with Crippen LogP contribution in [0, 0.1) is 17.3 Å². The van der Waals surface area contributed by atoms with Gasteiger partial charge in [-0.15, -0.1) is 13.2 Å². The third-order valence-corrected chi connectivity index (χ3v) is 7.54. The highest BCUT2D eigenvalue weighted by atomic mass is 16.5. The number of unbranched alkanes of at least 4 members (excludes halogenated alkanes) is 1. The Kier molecular flexibility index (Phi) is 15.5. The van der Waals surface area contributed by atoms with Crippen molar-refractivity contribution in [2.45, 2.75) is 77.8 Å². The van der Waals surface area contributed by atoms with Gasteiger partial charge in [0.1, 0.15) is 6.61 Å². The maximum Gasteiger partial charge on any atom is 0.309 e. The monoisotopic (exact) mass is 590 g/mol. The molecule has 2 amide bonds. The number of amides is 2. The molecule has 4 atom stereocenters. The van der Waals surface area contributed by atoms with Crippen LogP contribution >= 0.6 is 0 Å². The molecule has 4 unspecified atom stereocenters. The normalized spacial score (nSPS) is 14.0. The second-order valence-electron chi connectivity index (χ2n) is 12.2. The molecule has 0 bridgehead atoms. The number of carbonyl (C=O) groups excluding carboxylic acids is 3. The van der Waals surface area contributed by atoms with Crippen LogP contribution in [0.15, 0.2) is 86.0 Å². The smallest absolute Gasteiger partial charge is 0.309 e. The molecule has 7 heteroatoms. The van der Waals surface area contributed by atoms with Gasteiger partial charge in [-0.1, -0.05) is 93.6 Å². The van der Waals surface area contributed by atoms with Gasteiger partial charge in [-0.3, -0.25) is 14.4 Å². The fourth-order valence-electron chi connectivity index (χ4n) is 4.85. The molecule has 2 aromatic carbocycles. The first-order chi connectivity index (χ1) is 20.6. The van der Waals surface area contributed by atoms with Crippen LogP contribution in [0.4, 0.5) is 0 Å². The zero-order valence-electron chi connectivity index (χ0n) is 26.1. The third kappa shape index (κ3) is 13.4. The zero-order valence-corrected chi connectivity index (χ0v) is 26.1. The second kappa shape index (κ2) is 18.7. The molecule has 0 aliphatic rings. The highest BCUT2D eigenvalue weighted by molar-refractivity contribution is 5.86. The Morgan fingerprint density at radius 1 is 0.884 bits per heavy atom. The molecule has 0 saturated heterocycles. The molecular weight excluding hydrogens is 540 g/mol. The van der Waals surface area contributed by atoms with E-state index in [9.17, 15) is 19.5 Å². The first-order valence-corrected chi connectivity index (χ1v) is 15.2. The van der Waals surface area contributed by atoms with Crippen LogP contribution in [0.25, 0.3) is 0 Å². The number of aliphatic hydroxyl groups excluding tert-OH is 1. The van der Waals surface area contributed by atoms with E-state index in [1.54, 1.807) is 6.08 Å². The summed E-state index contributed by atoms with van der Waals surface area (Å²) in [5.74, 6) is -1.86. The SMILES string of the molecule is C=CCCCC(Cc1ccccc1)C(=O)OCC(NC(=O)C(CC=C)CC(=O)NC(CO)Cc1ccccc1)C(C)(C)C. The topological polar surface area (TPSA) is 105 Å². The fourth-order valence-corrected chi connectivity index (χ4v) is 4.85. The highest BCUT2D eigenvalue weighted by Gasteiger charge is 2.32. The van der Waals surface area contributed by atoms with Crippen LogP contribution in [-0.4, -0.2) is 48.2 Å². The van der Waals surface area contributed by atoms with E-state index in [1.807, 2.05) is 87.5 Å². The highest BCUT2D eigenvalue weighted by Crippen LogP contribution is 2.23. The number of aliphatic hydroxyl groups is 1. The maximum atomic E-state index is 13.4. The van der Waals surface area contributed by atoms with E-state index < -0.39 is 23.4 Å². The van der Waals surface area contributed by atoms with Crippen molar-refractivity contribution >= 4 is 17.8 Å². The van der Waals surface area contributed by atoms with Gasteiger partial charge in [-0.2, -0.15) is 0 Å². The first kappa shape index (κ1) is 35.5. The van der Waals surface area contributed by atoms with Crippen LogP contribution in [0.2, 0.25) is 0 Å². The van der Waals surface area contributed by atoms with Crippen molar-refractivity contribution < 1.29 is 24.2 Å². The summed E-state index contributed by atoms with van der Waals surface area (Å²) in [6.07, 6.45) is 7.13. The lowest BCUT2D eigenvalue weighted by atomic mass is 9.86. The van der Waals surface area contributed by atoms with Gasteiger partial charge < -0.3 is 20.5 Å². The molecule has 7 nitrogen and oxygen atoms in total. The van der Waals surface area contributed by atoms with Gasteiger partial charge in [0.05, 0.1) is 30.5 Å². The van der Waals surface area contributed by atoms with Crippen molar-refractivity contribution in [2.24, 2.45) is 17.3 Å². The van der Waals surface area contributed by atoms with Crippen molar-refractivity contribution in [1.82, 2.24) is 10.6 Å². The predicted octanol–water partition coefficient (Wildman–Crippen LogP) is 5.58. The van der Waals surface area contributed by atoms with Gasteiger partial charge in [-0.25, -0.2) is 0 Å². The summed E-state index contributed by atoms with van der Waals surface area (Å²) in [7, 11) is 0. The molecule has 0 aliphatic heterocycles. The summed E-state index contributed by atoms with van der Waals surface area (Å²) in [4.78, 5) is 39.6. The maximum absolute atomic E-state index is 13.4. The molecule has 3 N–H and O–H groups in total. The zero-order chi connectivity index (χ0) is 31.7. The predicted molar refractivity (Wildman–Crippen MR) is 172 cm³/mol. The molecule has 0 aromatic heterocycles. The van der Waals surface area contributed by atoms with E-state index in [-0.39, 0.29) is 43.3 Å². The van der Waals surface area contributed by atoms with Crippen molar-refractivity contribution in [3.63, 3.8) is 0 Å². The summed E-state index contributed by atoms with van der Waals surface area (Å²) in [6.45, 7) is 13.3. The minimum absolute atomic E-state index is 0.0253. The Hall–Kier alpha value is -3.71. The number of hydrogen-bond donors (Lipinski definition) is 3. The molecule has 0 heterocycles. The van der Waals surface area contributed by atoms with Crippen molar-refractivity contribution in [3.8, 4) is 0 Å². The van der Waals surface area contributed by atoms with Crippen LogP contribution in [0.1, 0.15) is 64.0 Å². The lowest BCUT2D eigenvalue weighted by Gasteiger charge is -2.32. The summed E-state index contributed by atoms with van der Waals surface area (Å²) < 4.78 is 5.83. The molecule has 234 valence electrons. The van der Waals surface area contributed by atoms with E-state index in [1.165, 1.54) is 0 Å². The van der Waals surface area contributed by atoms with Crippen molar-refractivity contribution in [3.05, 3.63) is 97.1 Å². The van der Waals surface area contributed by atoms with Gasteiger partial charge in [0.25, 0.3) is 0 Å². The molecule has 0 spiro atoms. The first-order valence-electron chi connectivity index (χ1n) is 15.2. The van der Waals surface area contributed by atoms with Gasteiger partial charge in [0.2, 0.25) is 11.8 Å². The Balaban J connectivity index is 2.03. The van der Waals surface area contributed by atoms with E-state index in [0.29, 0.717) is 25.7 Å². The van der Waals surface area contributed by atoms with Crippen LogP contribution in [0.3, 0.4) is 0 Å². The van der Waals surface area contributed by atoms with Crippen LogP contribution < -0.4 is 10.6 Å². The summed E-state index contributed by atoms with van der Waals surface area (Å²) in [5, 5.41) is 15.7. The molecule has 2 rings (SSSR count). The third-order valence-electron chi connectivity index (χ3n) is 7.54. The molecule has 0 radical (unpaired) electrons. The second-order valence-corrected chi connectivity index (χ2v) is 12.2.